The lowest BCUT2D eigenvalue weighted by Gasteiger charge is -2.18. The van der Waals surface area contributed by atoms with Crippen LogP contribution in [0, 0.1) is 0 Å². The van der Waals surface area contributed by atoms with Gasteiger partial charge in [0.1, 0.15) is 16.7 Å². The Hall–Kier alpha value is -5.31. The highest BCUT2D eigenvalue weighted by atomic mass is 35.5. The first kappa shape index (κ1) is 33.1. The molecule has 0 fully saturated rings. The van der Waals surface area contributed by atoms with Gasteiger partial charge in [-0.15, -0.1) is 11.8 Å². The summed E-state index contributed by atoms with van der Waals surface area (Å²) in [5.41, 5.74) is 2.97. The molecule has 0 aliphatic rings. The molecule has 47 heavy (non-hydrogen) atoms. The SMILES string of the molecule is CCOc1ccccc1/C=C(\NC(=O)c1ccccc1)C(=O)Nc1ccc(SC(C(=O)Nc2ccccc2Cl)c2ccccc2)cc1. The van der Waals surface area contributed by atoms with E-state index in [1.54, 1.807) is 66.7 Å². The highest BCUT2D eigenvalue weighted by molar-refractivity contribution is 8.00. The highest BCUT2D eigenvalue weighted by Crippen LogP contribution is 2.37. The monoisotopic (exact) mass is 661 g/mol. The second-order valence-electron chi connectivity index (χ2n) is 10.2. The van der Waals surface area contributed by atoms with Crippen LogP contribution in [-0.2, 0) is 9.59 Å². The number of amides is 3. The first-order valence-corrected chi connectivity index (χ1v) is 16.2. The lowest BCUT2D eigenvalue weighted by Crippen LogP contribution is -2.30. The van der Waals surface area contributed by atoms with Crippen LogP contribution < -0.4 is 20.7 Å². The van der Waals surface area contributed by atoms with Crippen molar-refractivity contribution in [2.45, 2.75) is 17.1 Å². The summed E-state index contributed by atoms with van der Waals surface area (Å²) in [7, 11) is 0. The molecule has 3 amide bonds. The van der Waals surface area contributed by atoms with Crippen molar-refractivity contribution in [3.05, 3.63) is 161 Å². The van der Waals surface area contributed by atoms with E-state index in [2.05, 4.69) is 16.0 Å². The largest absolute Gasteiger partial charge is 0.493 e. The van der Waals surface area contributed by atoms with Crippen molar-refractivity contribution in [3.8, 4) is 5.75 Å². The second kappa shape index (κ2) is 16.3. The molecule has 0 heterocycles. The third-order valence-electron chi connectivity index (χ3n) is 6.89. The molecule has 1 unspecified atom stereocenters. The van der Waals surface area contributed by atoms with Crippen LogP contribution in [0.1, 0.15) is 33.7 Å². The molecule has 0 saturated carbocycles. The summed E-state index contributed by atoms with van der Waals surface area (Å²) < 4.78 is 5.73. The minimum absolute atomic E-state index is 0.0462. The van der Waals surface area contributed by atoms with Gasteiger partial charge in [0.2, 0.25) is 5.91 Å². The molecule has 0 saturated heterocycles. The van der Waals surface area contributed by atoms with Crippen LogP contribution in [0.4, 0.5) is 11.4 Å². The molecule has 5 rings (SSSR count). The van der Waals surface area contributed by atoms with Crippen LogP contribution in [0.5, 0.6) is 5.75 Å². The van der Waals surface area contributed by atoms with Gasteiger partial charge in [0.25, 0.3) is 11.8 Å². The Morgan fingerprint density at radius 1 is 0.766 bits per heavy atom. The van der Waals surface area contributed by atoms with Gasteiger partial charge in [-0.3, -0.25) is 14.4 Å². The van der Waals surface area contributed by atoms with Crippen molar-refractivity contribution in [2.75, 3.05) is 17.2 Å². The molecule has 9 heteroatoms. The van der Waals surface area contributed by atoms with Gasteiger partial charge in [-0.05, 0) is 73.2 Å². The van der Waals surface area contributed by atoms with Gasteiger partial charge in [0, 0.05) is 21.7 Å². The lowest BCUT2D eigenvalue weighted by molar-refractivity contribution is -0.116. The van der Waals surface area contributed by atoms with Crippen LogP contribution in [0.3, 0.4) is 0 Å². The number of hydrogen-bond acceptors (Lipinski definition) is 5. The molecule has 5 aromatic carbocycles. The van der Waals surface area contributed by atoms with E-state index in [0.717, 1.165) is 10.5 Å². The first-order valence-electron chi connectivity index (χ1n) is 14.9. The molecule has 0 aromatic heterocycles. The quantitative estimate of drug-likeness (QED) is 0.0919. The molecule has 5 aromatic rings. The zero-order valence-corrected chi connectivity index (χ0v) is 27.1. The van der Waals surface area contributed by atoms with E-state index in [1.807, 2.05) is 79.7 Å². The Morgan fingerprint density at radius 2 is 1.40 bits per heavy atom. The van der Waals surface area contributed by atoms with Gasteiger partial charge in [0.05, 0.1) is 17.3 Å². The van der Waals surface area contributed by atoms with Gasteiger partial charge in [0.15, 0.2) is 0 Å². The Balaban J connectivity index is 1.35. The summed E-state index contributed by atoms with van der Waals surface area (Å²) in [6.07, 6.45) is 1.59. The summed E-state index contributed by atoms with van der Waals surface area (Å²) in [6, 6.07) is 39.7. The number of carbonyl (C=O) groups excluding carboxylic acids is 3. The van der Waals surface area contributed by atoms with Gasteiger partial charge in [-0.1, -0.05) is 90.5 Å². The Morgan fingerprint density at radius 3 is 2.11 bits per heavy atom. The average Bonchev–Trinajstić information content (AvgIpc) is 3.10. The zero-order valence-electron chi connectivity index (χ0n) is 25.5. The van der Waals surface area contributed by atoms with Crippen LogP contribution in [0.25, 0.3) is 6.08 Å². The number of hydrogen-bond donors (Lipinski definition) is 3. The smallest absolute Gasteiger partial charge is 0.272 e. The standard InChI is InChI=1S/C38H32ClN3O4S/c1-2-46-34-20-12-9-17-28(34)25-33(42-36(43)27-15-7-4-8-16-27)37(44)40-29-21-23-30(24-22-29)47-35(26-13-5-3-6-14-26)38(45)41-32-19-11-10-18-31(32)39/h3-25,35H,2H2,1H3,(H,40,44)(H,41,45)(H,42,43)/b33-25-. The second-order valence-corrected chi connectivity index (χ2v) is 11.8. The van der Waals surface area contributed by atoms with Crippen LogP contribution in [0.15, 0.2) is 144 Å². The van der Waals surface area contributed by atoms with Gasteiger partial charge in [-0.25, -0.2) is 0 Å². The fourth-order valence-corrected chi connectivity index (χ4v) is 5.81. The molecule has 0 radical (unpaired) electrons. The molecule has 0 bridgehead atoms. The van der Waals surface area contributed by atoms with E-state index >= 15 is 0 Å². The number of halogens is 1. The van der Waals surface area contributed by atoms with Gasteiger partial charge < -0.3 is 20.7 Å². The van der Waals surface area contributed by atoms with Crippen LogP contribution >= 0.6 is 23.4 Å². The maximum absolute atomic E-state index is 13.6. The van der Waals surface area contributed by atoms with Crippen molar-refractivity contribution in [3.63, 3.8) is 0 Å². The van der Waals surface area contributed by atoms with E-state index in [0.29, 0.717) is 39.9 Å². The first-order chi connectivity index (χ1) is 22.9. The molecule has 7 nitrogen and oxygen atoms in total. The fraction of sp³-hybridized carbons (Fsp3) is 0.0789. The number of rotatable bonds is 12. The minimum Gasteiger partial charge on any atom is -0.493 e. The molecule has 3 N–H and O–H groups in total. The predicted molar refractivity (Wildman–Crippen MR) is 190 cm³/mol. The molecule has 0 spiro atoms. The molecule has 1 atom stereocenters. The van der Waals surface area contributed by atoms with Gasteiger partial charge >= 0.3 is 0 Å². The van der Waals surface area contributed by atoms with E-state index < -0.39 is 17.1 Å². The summed E-state index contributed by atoms with van der Waals surface area (Å²) in [5, 5.41) is 8.46. The van der Waals surface area contributed by atoms with Crippen molar-refractivity contribution in [1.82, 2.24) is 5.32 Å². The third kappa shape index (κ3) is 9.13. The Kier molecular flexibility index (Phi) is 11.5. The number of nitrogens with one attached hydrogen (secondary N) is 3. The number of thioether (sulfide) groups is 1. The van der Waals surface area contributed by atoms with E-state index in [1.165, 1.54) is 11.8 Å². The predicted octanol–water partition coefficient (Wildman–Crippen LogP) is 8.62. The Labute approximate surface area is 283 Å². The molecule has 236 valence electrons. The van der Waals surface area contributed by atoms with Crippen LogP contribution in [-0.4, -0.2) is 24.3 Å². The van der Waals surface area contributed by atoms with E-state index in [9.17, 15) is 14.4 Å². The lowest BCUT2D eigenvalue weighted by atomic mass is 10.1. The highest BCUT2D eigenvalue weighted by Gasteiger charge is 2.23. The molecular formula is C38H32ClN3O4S. The van der Waals surface area contributed by atoms with Crippen LogP contribution in [0.2, 0.25) is 5.02 Å². The van der Waals surface area contributed by atoms with Crippen molar-refractivity contribution >= 4 is 58.5 Å². The molecular weight excluding hydrogens is 630 g/mol. The normalized spacial score (nSPS) is 11.7. The van der Waals surface area contributed by atoms with Gasteiger partial charge in [-0.2, -0.15) is 0 Å². The topological polar surface area (TPSA) is 96.5 Å². The molecule has 0 aliphatic carbocycles. The number of carbonyl (C=O) groups is 3. The van der Waals surface area contributed by atoms with E-state index in [4.69, 9.17) is 16.3 Å². The number of benzene rings is 5. The summed E-state index contributed by atoms with van der Waals surface area (Å²) >= 11 is 7.67. The number of para-hydroxylation sites is 2. The van der Waals surface area contributed by atoms with Crippen molar-refractivity contribution in [1.29, 1.82) is 0 Å². The molecule has 0 aliphatic heterocycles. The fourth-order valence-electron chi connectivity index (χ4n) is 4.60. The third-order valence-corrected chi connectivity index (χ3v) is 8.48. The summed E-state index contributed by atoms with van der Waals surface area (Å²) in [5.74, 6) is -0.568. The minimum atomic E-state index is -0.568. The average molecular weight is 662 g/mol. The Bertz CT molecular complexity index is 1870. The van der Waals surface area contributed by atoms with Crippen molar-refractivity contribution in [2.24, 2.45) is 0 Å². The van der Waals surface area contributed by atoms with Crippen molar-refractivity contribution < 1.29 is 19.1 Å². The zero-order chi connectivity index (χ0) is 33.0. The number of ether oxygens (including phenoxy) is 1. The maximum atomic E-state index is 13.6. The number of anilines is 2. The summed E-state index contributed by atoms with van der Waals surface area (Å²) in [4.78, 5) is 40.9. The van der Waals surface area contributed by atoms with E-state index in [-0.39, 0.29) is 11.6 Å². The summed E-state index contributed by atoms with van der Waals surface area (Å²) in [6.45, 7) is 2.32. The maximum Gasteiger partial charge on any atom is 0.272 e.